The summed E-state index contributed by atoms with van der Waals surface area (Å²) in [7, 11) is 1.51. The molecule has 0 saturated carbocycles. The van der Waals surface area contributed by atoms with Gasteiger partial charge < -0.3 is 9.47 Å². The average Bonchev–Trinajstić information content (AvgIpc) is 3.01. The van der Waals surface area contributed by atoms with Crippen LogP contribution in [0.4, 0.5) is 5.69 Å². The average molecular weight is 461 g/mol. The van der Waals surface area contributed by atoms with Crippen molar-refractivity contribution in [3.63, 3.8) is 0 Å². The van der Waals surface area contributed by atoms with E-state index in [2.05, 4.69) is 0 Å². The van der Waals surface area contributed by atoms with Crippen LogP contribution in [0.2, 0.25) is 5.02 Å². The molecule has 0 aromatic heterocycles. The molecule has 11 heteroatoms. The maximum Gasteiger partial charge on any atom is 0.338 e. The Hall–Kier alpha value is -3.63. The largest absolute Gasteiger partial charge is 0.454 e. The number of imide groups is 1. The number of benzene rings is 2. The highest BCUT2D eigenvalue weighted by atomic mass is 35.5. The molecule has 0 saturated heterocycles. The molecule has 1 aliphatic heterocycles. The van der Waals surface area contributed by atoms with Gasteiger partial charge in [0.15, 0.2) is 6.61 Å². The molecule has 0 N–H and O–H groups in total. The first-order valence-electron chi connectivity index (χ1n) is 9.38. The quantitative estimate of drug-likeness (QED) is 0.139. The van der Waals surface area contributed by atoms with Crippen molar-refractivity contribution >= 4 is 40.9 Å². The third-order valence-electron chi connectivity index (χ3n) is 4.74. The smallest absolute Gasteiger partial charge is 0.338 e. The lowest BCUT2D eigenvalue weighted by molar-refractivity contribution is -0.384. The molecule has 0 unspecified atom stereocenters. The number of hydrogen-bond donors (Lipinski definition) is 0. The number of amides is 2. The van der Waals surface area contributed by atoms with Gasteiger partial charge in [-0.3, -0.25) is 29.4 Å². The van der Waals surface area contributed by atoms with Gasteiger partial charge >= 0.3 is 5.97 Å². The second-order valence-corrected chi connectivity index (χ2v) is 7.20. The number of nitrogens with zero attached hydrogens (tertiary/aromatic N) is 2. The highest BCUT2D eigenvalue weighted by Gasteiger charge is 2.35. The van der Waals surface area contributed by atoms with Crippen LogP contribution >= 0.6 is 11.6 Å². The third-order valence-corrected chi connectivity index (χ3v) is 5.06. The van der Waals surface area contributed by atoms with Crippen LogP contribution < -0.4 is 0 Å². The first-order chi connectivity index (χ1) is 15.2. The van der Waals surface area contributed by atoms with Crippen molar-refractivity contribution in [3.8, 4) is 0 Å². The number of esters is 1. The normalized spacial score (nSPS) is 12.6. The van der Waals surface area contributed by atoms with Crippen molar-refractivity contribution in [2.45, 2.75) is 6.42 Å². The molecule has 32 heavy (non-hydrogen) atoms. The first kappa shape index (κ1) is 23.0. The van der Waals surface area contributed by atoms with Gasteiger partial charge in [-0.1, -0.05) is 11.6 Å². The third kappa shape index (κ3) is 4.66. The summed E-state index contributed by atoms with van der Waals surface area (Å²) in [6.45, 7) is -0.109. The Morgan fingerprint density at radius 1 is 1.06 bits per heavy atom. The highest BCUT2D eigenvalue weighted by molar-refractivity contribution is 6.32. The van der Waals surface area contributed by atoms with E-state index in [-0.39, 0.29) is 33.8 Å². The fourth-order valence-corrected chi connectivity index (χ4v) is 3.30. The monoisotopic (exact) mass is 460 g/mol. The van der Waals surface area contributed by atoms with Gasteiger partial charge in [0.05, 0.1) is 21.6 Å². The van der Waals surface area contributed by atoms with E-state index in [0.29, 0.717) is 13.0 Å². The number of ketones is 1. The second-order valence-electron chi connectivity index (χ2n) is 6.79. The van der Waals surface area contributed by atoms with Crippen LogP contribution in [0.15, 0.2) is 36.4 Å². The molecule has 10 nitrogen and oxygen atoms in total. The van der Waals surface area contributed by atoms with Crippen molar-refractivity contribution in [2.75, 3.05) is 26.9 Å². The van der Waals surface area contributed by atoms with Gasteiger partial charge in [0, 0.05) is 31.9 Å². The molecule has 0 spiro atoms. The van der Waals surface area contributed by atoms with Crippen molar-refractivity contribution in [3.05, 3.63) is 73.8 Å². The van der Waals surface area contributed by atoms with Crippen LogP contribution in [0, 0.1) is 10.1 Å². The van der Waals surface area contributed by atoms with Crippen molar-refractivity contribution in [1.29, 1.82) is 0 Å². The number of rotatable bonds is 9. The lowest BCUT2D eigenvalue weighted by atomic mass is 10.1. The Balaban J connectivity index is 1.68. The zero-order chi connectivity index (χ0) is 23.4. The molecule has 0 radical (unpaired) electrons. The summed E-state index contributed by atoms with van der Waals surface area (Å²) >= 11 is 5.72. The standard InChI is InChI=1S/C21H17ClN2O8/c1-31-8-2-7-23-19(26)14-5-3-13(9-15(14)20(23)27)21(28)32-11-18(25)12-4-6-16(22)17(10-12)24(29)30/h3-6,9-10H,2,7-8,11H2,1H3. The Bertz CT molecular complexity index is 1130. The van der Waals surface area contributed by atoms with Crippen LogP contribution in [0.5, 0.6) is 0 Å². The fraction of sp³-hybridized carbons (Fsp3) is 0.238. The van der Waals surface area contributed by atoms with E-state index in [1.165, 1.54) is 37.4 Å². The van der Waals surface area contributed by atoms with E-state index < -0.39 is 40.8 Å². The summed E-state index contributed by atoms with van der Waals surface area (Å²) in [5, 5.41) is 10.8. The number of methoxy groups -OCH3 is 1. The predicted molar refractivity (Wildman–Crippen MR) is 111 cm³/mol. The number of hydrogen-bond acceptors (Lipinski definition) is 8. The molecular weight excluding hydrogens is 444 g/mol. The summed E-state index contributed by atoms with van der Waals surface area (Å²) in [6, 6.07) is 7.40. The van der Waals surface area contributed by atoms with Crippen LogP contribution in [0.1, 0.15) is 47.9 Å². The van der Waals surface area contributed by atoms with E-state index in [1.54, 1.807) is 0 Å². The van der Waals surface area contributed by atoms with Gasteiger partial charge in [-0.2, -0.15) is 0 Å². The maximum absolute atomic E-state index is 12.5. The lowest BCUT2D eigenvalue weighted by Gasteiger charge is -2.12. The molecule has 1 heterocycles. The number of nitro groups is 1. The first-order valence-corrected chi connectivity index (χ1v) is 9.75. The minimum atomic E-state index is -0.886. The van der Waals surface area contributed by atoms with Crippen molar-refractivity contribution in [1.82, 2.24) is 4.90 Å². The van der Waals surface area contributed by atoms with E-state index in [1.807, 2.05) is 0 Å². The van der Waals surface area contributed by atoms with E-state index >= 15 is 0 Å². The molecule has 2 aromatic rings. The molecule has 3 rings (SSSR count). The zero-order valence-corrected chi connectivity index (χ0v) is 17.6. The summed E-state index contributed by atoms with van der Waals surface area (Å²) < 4.78 is 9.91. The summed E-state index contributed by atoms with van der Waals surface area (Å²) in [4.78, 5) is 60.9. The van der Waals surface area contributed by atoms with Gasteiger partial charge in [-0.25, -0.2) is 4.79 Å². The topological polar surface area (TPSA) is 133 Å². The summed E-state index contributed by atoms with van der Waals surface area (Å²) in [5.41, 5.74) is -0.260. The van der Waals surface area contributed by atoms with E-state index in [0.717, 1.165) is 11.0 Å². The number of carbonyl (C=O) groups excluding carboxylic acids is 4. The number of Topliss-reactive ketones (excluding diaryl/α,β-unsaturated/α-hetero) is 1. The second kappa shape index (κ2) is 9.67. The fourth-order valence-electron chi connectivity index (χ4n) is 3.11. The van der Waals surface area contributed by atoms with Gasteiger partial charge in [0.25, 0.3) is 17.5 Å². The van der Waals surface area contributed by atoms with Crippen molar-refractivity contribution < 1.29 is 33.6 Å². The van der Waals surface area contributed by atoms with E-state index in [9.17, 15) is 29.3 Å². The summed E-state index contributed by atoms with van der Waals surface area (Å²) in [5.74, 6) is -2.54. The number of halogens is 1. The van der Waals surface area contributed by atoms with Gasteiger partial charge in [0.1, 0.15) is 5.02 Å². The molecule has 0 aliphatic carbocycles. The minimum Gasteiger partial charge on any atom is -0.454 e. The van der Waals surface area contributed by atoms with Crippen LogP contribution in [0.25, 0.3) is 0 Å². The maximum atomic E-state index is 12.5. The molecule has 1 aliphatic rings. The molecular formula is C21H17ClN2O8. The molecule has 166 valence electrons. The summed E-state index contributed by atoms with van der Waals surface area (Å²) in [6.07, 6.45) is 0.474. The van der Waals surface area contributed by atoms with Crippen LogP contribution in [0.3, 0.4) is 0 Å². The van der Waals surface area contributed by atoms with Gasteiger partial charge in [-0.05, 0) is 36.8 Å². The number of nitro benzene ring substituents is 1. The van der Waals surface area contributed by atoms with Crippen molar-refractivity contribution in [2.24, 2.45) is 0 Å². The Morgan fingerprint density at radius 2 is 1.75 bits per heavy atom. The molecule has 0 atom stereocenters. The van der Waals surface area contributed by atoms with Crippen LogP contribution in [-0.2, 0) is 9.47 Å². The number of ether oxygens (including phenoxy) is 2. The van der Waals surface area contributed by atoms with Crippen LogP contribution in [-0.4, -0.2) is 60.3 Å². The molecule has 0 bridgehead atoms. The molecule has 0 fully saturated rings. The number of carbonyl (C=O) groups is 4. The van der Waals surface area contributed by atoms with Gasteiger partial charge in [0.2, 0.25) is 5.78 Å². The number of fused-ring (bicyclic) bond motifs is 1. The highest BCUT2D eigenvalue weighted by Crippen LogP contribution is 2.26. The Morgan fingerprint density at radius 3 is 2.44 bits per heavy atom. The zero-order valence-electron chi connectivity index (χ0n) is 16.8. The van der Waals surface area contributed by atoms with E-state index in [4.69, 9.17) is 21.1 Å². The Kier molecular flexibility index (Phi) is 6.96. The van der Waals surface area contributed by atoms with Gasteiger partial charge in [-0.15, -0.1) is 0 Å². The molecule has 2 aromatic carbocycles. The Labute approximate surface area is 186 Å². The predicted octanol–water partition coefficient (Wildman–Crippen LogP) is 2.92. The molecule has 2 amide bonds. The SMILES string of the molecule is COCCCN1C(=O)c2ccc(C(=O)OCC(=O)c3ccc(Cl)c([N+](=O)[O-])c3)cc2C1=O. The lowest BCUT2D eigenvalue weighted by Crippen LogP contribution is -2.31. The minimum absolute atomic E-state index is 0.0153.